The molecule has 1 rings (SSSR count). The smallest absolute Gasteiger partial charge is 0.255 e. The molecular weight excluding hydrogens is 236 g/mol. The highest BCUT2D eigenvalue weighted by atomic mass is 35.5. The molecule has 0 aliphatic rings. The number of nitrogen functional groups attached to an aromatic ring is 1. The van der Waals surface area contributed by atoms with Crippen LogP contribution >= 0.6 is 11.6 Å². The predicted octanol–water partition coefficient (Wildman–Crippen LogP) is 2.96. The van der Waals surface area contributed by atoms with E-state index in [1.165, 1.54) is 0 Å². The molecule has 4 heteroatoms. The normalized spacial score (nSPS) is 10.4. The van der Waals surface area contributed by atoms with Gasteiger partial charge in [-0.3, -0.25) is 4.79 Å². The van der Waals surface area contributed by atoms with Gasteiger partial charge in [0.05, 0.1) is 16.3 Å². The van der Waals surface area contributed by atoms with Crippen molar-refractivity contribution in [3.63, 3.8) is 0 Å². The first-order valence-corrected chi connectivity index (χ1v) is 5.82. The van der Waals surface area contributed by atoms with Crippen LogP contribution in [0, 0.1) is 0 Å². The SMILES string of the molecule is C=CCN(C(=O)c1cccc(N)c1Cl)C(C)C. The van der Waals surface area contributed by atoms with Crippen molar-refractivity contribution in [2.45, 2.75) is 19.9 Å². The molecule has 1 aromatic rings. The van der Waals surface area contributed by atoms with Crippen LogP contribution in [0.3, 0.4) is 0 Å². The zero-order valence-electron chi connectivity index (χ0n) is 10.1. The summed E-state index contributed by atoms with van der Waals surface area (Å²) in [5.74, 6) is -0.128. The van der Waals surface area contributed by atoms with Crippen molar-refractivity contribution in [3.8, 4) is 0 Å². The van der Waals surface area contributed by atoms with Crippen LogP contribution in [0.2, 0.25) is 5.02 Å². The molecule has 0 saturated carbocycles. The quantitative estimate of drug-likeness (QED) is 0.662. The lowest BCUT2D eigenvalue weighted by atomic mass is 10.1. The molecule has 17 heavy (non-hydrogen) atoms. The Morgan fingerprint density at radius 1 is 1.59 bits per heavy atom. The third-order valence-electron chi connectivity index (χ3n) is 2.47. The fourth-order valence-corrected chi connectivity index (χ4v) is 1.74. The average molecular weight is 253 g/mol. The Balaban J connectivity index is 3.09. The third kappa shape index (κ3) is 3.01. The summed E-state index contributed by atoms with van der Waals surface area (Å²) >= 11 is 6.04. The van der Waals surface area contributed by atoms with Crippen LogP contribution in [0.15, 0.2) is 30.9 Å². The Kier molecular flexibility index (Phi) is 4.58. The van der Waals surface area contributed by atoms with Crippen LogP contribution < -0.4 is 5.73 Å². The average Bonchev–Trinajstić information content (AvgIpc) is 2.28. The van der Waals surface area contributed by atoms with Crippen molar-refractivity contribution >= 4 is 23.2 Å². The molecule has 3 nitrogen and oxygen atoms in total. The molecule has 2 N–H and O–H groups in total. The van der Waals surface area contributed by atoms with E-state index in [0.29, 0.717) is 22.8 Å². The summed E-state index contributed by atoms with van der Waals surface area (Å²) < 4.78 is 0. The summed E-state index contributed by atoms with van der Waals surface area (Å²) in [6.07, 6.45) is 1.69. The van der Waals surface area contributed by atoms with E-state index in [2.05, 4.69) is 6.58 Å². The summed E-state index contributed by atoms with van der Waals surface area (Å²) in [5, 5.41) is 0.312. The number of carbonyl (C=O) groups is 1. The van der Waals surface area contributed by atoms with Gasteiger partial charge in [0.2, 0.25) is 0 Å². The fourth-order valence-electron chi connectivity index (χ4n) is 1.54. The van der Waals surface area contributed by atoms with Gasteiger partial charge in [-0.2, -0.15) is 0 Å². The van der Waals surface area contributed by atoms with E-state index in [4.69, 9.17) is 17.3 Å². The summed E-state index contributed by atoms with van der Waals surface area (Å²) in [6, 6.07) is 5.16. The second-order valence-corrected chi connectivity index (χ2v) is 4.43. The van der Waals surface area contributed by atoms with Gasteiger partial charge in [0.15, 0.2) is 0 Å². The maximum absolute atomic E-state index is 12.3. The second-order valence-electron chi connectivity index (χ2n) is 4.05. The van der Waals surface area contributed by atoms with Crippen molar-refractivity contribution in [1.29, 1.82) is 0 Å². The zero-order valence-corrected chi connectivity index (χ0v) is 10.9. The van der Waals surface area contributed by atoms with E-state index in [1.807, 2.05) is 13.8 Å². The monoisotopic (exact) mass is 252 g/mol. The topological polar surface area (TPSA) is 46.3 Å². The minimum Gasteiger partial charge on any atom is -0.398 e. The highest BCUT2D eigenvalue weighted by Crippen LogP contribution is 2.24. The van der Waals surface area contributed by atoms with Crippen LogP contribution in [0.4, 0.5) is 5.69 Å². The molecule has 0 aliphatic carbocycles. The van der Waals surface area contributed by atoms with E-state index in [9.17, 15) is 4.79 Å². The first-order chi connectivity index (χ1) is 7.99. The molecule has 0 spiro atoms. The lowest BCUT2D eigenvalue weighted by Gasteiger charge is -2.26. The van der Waals surface area contributed by atoms with Gasteiger partial charge in [-0.05, 0) is 26.0 Å². The van der Waals surface area contributed by atoms with Gasteiger partial charge in [-0.25, -0.2) is 0 Å². The first-order valence-electron chi connectivity index (χ1n) is 5.45. The summed E-state index contributed by atoms with van der Waals surface area (Å²) in [6.45, 7) is 8.03. The number of carbonyl (C=O) groups excluding carboxylic acids is 1. The summed E-state index contributed by atoms with van der Waals surface area (Å²) in [4.78, 5) is 14.0. The number of rotatable bonds is 4. The van der Waals surface area contributed by atoms with E-state index in [1.54, 1.807) is 29.2 Å². The molecule has 92 valence electrons. The van der Waals surface area contributed by atoms with E-state index in [-0.39, 0.29) is 11.9 Å². The van der Waals surface area contributed by atoms with Crippen molar-refractivity contribution in [1.82, 2.24) is 4.90 Å². The molecule has 1 amide bonds. The van der Waals surface area contributed by atoms with Crippen molar-refractivity contribution in [3.05, 3.63) is 41.4 Å². The number of amides is 1. The standard InChI is InChI=1S/C13H17ClN2O/c1-4-8-16(9(2)3)13(17)10-6-5-7-11(15)12(10)14/h4-7,9H,1,8,15H2,2-3H3. The van der Waals surface area contributed by atoms with E-state index >= 15 is 0 Å². The number of hydrogen-bond acceptors (Lipinski definition) is 2. The van der Waals surface area contributed by atoms with Crippen LogP contribution in [0.25, 0.3) is 0 Å². The first kappa shape index (κ1) is 13.6. The Bertz CT molecular complexity index is 429. The van der Waals surface area contributed by atoms with Gasteiger partial charge in [0.1, 0.15) is 0 Å². The predicted molar refractivity (Wildman–Crippen MR) is 72.2 cm³/mol. The Labute approximate surface area is 107 Å². The Morgan fingerprint density at radius 2 is 2.24 bits per heavy atom. The minimum absolute atomic E-state index is 0.0815. The molecule has 0 radical (unpaired) electrons. The highest BCUT2D eigenvalue weighted by molar-refractivity contribution is 6.36. The van der Waals surface area contributed by atoms with Gasteiger partial charge in [0.25, 0.3) is 5.91 Å². The van der Waals surface area contributed by atoms with Crippen molar-refractivity contribution in [2.24, 2.45) is 0 Å². The van der Waals surface area contributed by atoms with Gasteiger partial charge in [-0.15, -0.1) is 6.58 Å². The van der Waals surface area contributed by atoms with Crippen LogP contribution in [0.5, 0.6) is 0 Å². The maximum Gasteiger partial charge on any atom is 0.255 e. The molecule has 0 fully saturated rings. The molecule has 0 unspecified atom stereocenters. The molecule has 0 aromatic heterocycles. The zero-order chi connectivity index (χ0) is 13.0. The number of anilines is 1. The van der Waals surface area contributed by atoms with E-state index < -0.39 is 0 Å². The van der Waals surface area contributed by atoms with Crippen molar-refractivity contribution < 1.29 is 4.79 Å². The number of hydrogen-bond donors (Lipinski definition) is 1. The molecular formula is C13H17ClN2O. The van der Waals surface area contributed by atoms with Gasteiger partial charge in [-0.1, -0.05) is 23.7 Å². The van der Waals surface area contributed by atoms with Crippen LogP contribution in [-0.4, -0.2) is 23.4 Å². The maximum atomic E-state index is 12.3. The minimum atomic E-state index is -0.128. The number of nitrogens with zero attached hydrogens (tertiary/aromatic N) is 1. The van der Waals surface area contributed by atoms with Gasteiger partial charge < -0.3 is 10.6 Å². The number of benzene rings is 1. The lowest BCUT2D eigenvalue weighted by molar-refractivity contribution is 0.0729. The lowest BCUT2D eigenvalue weighted by Crippen LogP contribution is -2.37. The summed E-state index contributed by atoms with van der Waals surface area (Å²) in [7, 11) is 0. The molecule has 0 aliphatic heterocycles. The summed E-state index contributed by atoms with van der Waals surface area (Å²) in [5.41, 5.74) is 6.53. The molecule has 0 bridgehead atoms. The van der Waals surface area contributed by atoms with Gasteiger partial charge in [0, 0.05) is 12.6 Å². The van der Waals surface area contributed by atoms with Gasteiger partial charge >= 0.3 is 0 Å². The fraction of sp³-hybridized carbons (Fsp3) is 0.308. The Morgan fingerprint density at radius 3 is 2.76 bits per heavy atom. The van der Waals surface area contributed by atoms with Crippen molar-refractivity contribution in [2.75, 3.05) is 12.3 Å². The molecule has 0 heterocycles. The van der Waals surface area contributed by atoms with Crippen LogP contribution in [-0.2, 0) is 0 Å². The largest absolute Gasteiger partial charge is 0.398 e. The highest BCUT2D eigenvalue weighted by Gasteiger charge is 2.20. The molecule has 1 aromatic carbocycles. The molecule has 0 saturated heterocycles. The Hall–Kier alpha value is -1.48. The molecule has 0 atom stereocenters. The van der Waals surface area contributed by atoms with Crippen LogP contribution in [0.1, 0.15) is 24.2 Å². The number of nitrogens with two attached hydrogens (primary N) is 1. The second kappa shape index (κ2) is 5.73. The third-order valence-corrected chi connectivity index (χ3v) is 2.89. The number of halogens is 1. The van der Waals surface area contributed by atoms with E-state index in [0.717, 1.165) is 0 Å².